The van der Waals surface area contributed by atoms with E-state index in [9.17, 15) is 18.3 Å². The largest absolute Gasteiger partial charge is 0.508 e. The van der Waals surface area contributed by atoms with E-state index < -0.39 is 22.0 Å². The fraction of sp³-hybridized carbons (Fsp3) is 0.0952. The van der Waals surface area contributed by atoms with Gasteiger partial charge in [0.25, 0.3) is 0 Å². The van der Waals surface area contributed by atoms with Crippen LogP contribution >= 0.6 is 0 Å². The zero-order valence-electron chi connectivity index (χ0n) is 15.9. The Hall–Kier alpha value is -3.72. The van der Waals surface area contributed by atoms with Gasteiger partial charge in [-0.15, -0.1) is 0 Å². The molecule has 30 heavy (non-hydrogen) atoms. The van der Waals surface area contributed by atoms with E-state index in [1.54, 1.807) is 60.7 Å². The average molecular weight is 425 g/mol. The highest BCUT2D eigenvalue weighted by molar-refractivity contribution is 7.92. The smallest absolute Gasteiger partial charge is 0.308 e. The standard InChI is InChI=1S/C21H19N3O5S/c1-30(27,28)23-15-10-8-14(9-11-15)17-13-18(16-5-2-3-6-19(16)25)24(22-17)21(26)20-7-4-12-29-20/h2-13,18,22-23,25H,1H3. The number of nitrogens with zero attached hydrogens (tertiary/aromatic N) is 1. The lowest BCUT2D eigenvalue weighted by molar-refractivity contribution is 0.0638. The summed E-state index contributed by atoms with van der Waals surface area (Å²) in [5, 5.41) is 11.7. The molecule has 2 aromatic carbocycles. The van der Waals surface area contributed by atoms with E-state index in [0.29, 0.717) is 16.9 Å². The number of nitrogens with one attached hydrogen (secondary N) is 2. The summed E-state index contributed by atoms with van der Waals surface area (Å²) < 4.78 is 30.4. The number of para-hydroxylation sites is 1. The van der Waals surface area contributed by atoms with Gasteiger partial charge in [-0.3, -0.25) is 14.9 Å². The van der Waals surface area contributed by atoms with Crippen molar-refractivity contribution in [3.63, 3.8) is 0 Å². The molecule has 0 bridgehead atoms. The topological polar surface area (TPSA) is 112 Å². The number of furan rings is 1. The minimum absolute atomic E-state index is 0.0618. The van der Waals surface area contributed by atoms with Crippen molar-refractivity contribution in [1.29, 1.82) is 0 Å². The predicted molar refractivity (Wildman–Crippen MR) is 112 cm³/mol. The number of carbonyl (C=O) groups is 1. The zero-order valence-corrected chi connectivity index (χ0v) is 16.8. The van der Waals surface area contributed by atoms with Crippen molar-refractivity contribution in [3.05, 3.63) is 89.9 Å². The number of hydrogen-bond donors (Lipinski definition) is 3. The first kappa shape index (κ1) is 19.6. The third-order valence-electron chi connectivity index (χ3n) is 4.55. The van der Waals surface area contributed by atoms with Crippen LogP contribution in [0.3, 0.4) is 0 Å². The maximum absolute atomic E-state index is 13.0. The number of phenols is 1. The Labute approximate surface area is 173 Å². The number of hydrazine groups is 1. The van der Waals surface area contributed by atoms with E-state index in [-0.39, 0.29) is 11.5 Å². The van der Waals surface area contributed by atoms with Gasteiger partial charge in [-0.2, -0.15) is 0 Å². The molecule has 1 atom stereocenters. The van der Waals surface area contributed by atoms with E-state index >= 15 is 0 Å². The normalized spacial score (nSPS) is 16.1. The summed E-state index contributed by atoms with van der Waals surface area (Å²) in [4.78, 5) is 13.0. The molecule has 0 fully saturated rings. The van der Waals surface area contributed by atoms with Gasteiger partial charge >= 0.3 is 5.91 Å². The molecule has 0 saturated heterocycles. The summed E-state index contributed by atoms with van der Waals surface area (Å²) in [7, 11) is -3.38. The predicted octanol–water partition coefficient (Wildman–Crippen LogP) is 3.10. The van der Waals surface area contributed by atoms with Gasteiger partial charge in [0.1, 0.15) is 11.8 Å². The molecule has 154 valence electrons. The SMILES string of the molecule is CS(=O)(=O)Nc1ccc(C2=CC(c3ccccc3O)N(C(=O)c3ccco3)N2)cc1. The number of carbonyl (C=O) groups excluding carboxylic acids is 1. The van der Waals surface area contributed by atoms with Gasteiger partial charge in [-0.05, 0) is 42.0 Å². The summed E-state index contributed by atoms with van der Waals surface area (Å²) >= 11 is 0. The number of amides is 1. The molecule has 0 spiro atoms. The first-order valence-electron chi connectivity index (χ1n) is 9.03. The Bertz CT molecular complexity index is 1200. The Morgan fingerprint density at radius 3 is 2.47 bits per heavy atom. The van der Waals surface area contributed by atoms with Crippen LogP contribution in [0.5, 0.6) is 5.75 Å². The minimum atomic E-state index is -3.38. The molecule has 0 radical (unpaired) electrons. The summed E-state index contributed by atoms with van der Waals surface area (Å²) in [5.41, 5.74) is 5.43. The van der Waals surface area contributed by atoms with Crippen molar-refractivity contribution in [2.75, 3.05) is 11.0 Å². The van der Waals surface area contributed by atoms with Crippen molar-refractivity contribution < 1.29 is 22.7 Å². The molecule has 3 N–H and O–H groups in total. The molecule has 1 aliphatic rings. The van der Waals surface area contributed by atoms with Crippen LogP contribution in [-0.4, -0.2) is 30.7 Å². The molecule has 8 nitrogen and oxygen atoms in total. The molecule has 1 amide bonds. The van der Waals surface area contributed by atoms with Crippen LogP contribution < -0.4 is 10.1 Å². The molecular weight excluding hydrogens is 406 g/mol. The first-order chi connectivity index (χ1) is 14.3. The highest BCUT2D eigenvalue weighted by Crippen LogP contribution is 2.36. The Morgan fingerprint density at radius 2 is 1.83 bits per heavy atom. The van der Waals surface area contributed by atoms with Gasteiger partial charge in [0, 0.05) is 11.3 Å². The fourth-order valence-corrected chi connectivity index (χ4v) is 3.79. The number of phenolic OH excluding ortho intramolecular Hbond substituents is 1. The van der Waals surface area contributed by atoms with Crippen molar-refractivity contribution in [2.45, 2.75) is 6.04 Å². The second-order valence-electron chi connectivity index (χ2n) is 6.80. The van der Waals surface area contributed by atoms with Crippen LogP contribution in [0, 0.1) is 0 Å². The van der Waals surface area contributed by atoms with Crippen molar-refractivity contribution in [2.24, 2.45) is 0 Å². The summed E-state index contributed by atoms with van der Waals surface area (Å²) in [6.45, 7) is 0. The van der Waals surface area contributed by atoms with E-state index in [4.69, 9.17) is 4.42 Å². The Morgan fingerprint density at radius 1 is 1.10 bits per heavy atom. The van der Waals surface area contributed by atoms with Gasteiger partial charge in [0.15, 0.2) is 5.76 Å². The maximum atomic E-state index is 13.0. The first-order valence-corrected chi connectivity index (χ1v) is 10.9. The van der Waals surface area contributed by atoms with E-state index in [2.05, 4.69) is 10.1 Å². The van der Waals surface area contributed by atoms with Crippen LogP contribution in [0.4, 0.5) is 5.69 Å². The van der Waals surface area contributed by atoms with Crippen molar-refractivity contribution in [1.82, 2.24) is 10.4 Å². The minimum Gasteiger partial charge on any atom is -0.508 e. The number of anilines is 1. The maximum Gasteiger partial charge on any atom is 0.308 e. The number of sulfonamides is 1. The Kier molecular flexibility index (Phi) is 4.96. The molecule has 1 unspecified atom stereocenters. The van der Waals surface area contributed by atoms with Crippen LogP contribution in [0.1, 0.15) is 27.7 Å². The lowest BCUT2D eigenvalue weighted by atomic mass is 10.0. The third kappa shape index (κ3) is 4.01. The van der Waals surface area contributed by atoms with E-state index in [1.165, 1.54) is 11.3 Å². The second-order valence-corrected chi connectivity index (χ2v) is 8.55. The lowest BCUT2D eigenvalue weighted by Crippen LogP contribution is -2.39. The molecule has 0 saturated carbocycles. The van der Waals surface area contributed by atoms with E-state index in [1.807, 2.05) is 6.08 Å². The highest BCUT2D eigenvalue weighted by atomic mass is 32.2. The molecule has 3 aromatic rings. The number of hydrogen-bond acceptors (Lipinski definition) is 6. The van der Waals surface area contributed by atoms with Crippen LogP contribution in [0.15, 0.2) is 77.4 Å². The molecule has 9 heteroatoms. The monoisotopic (exact) mass is 425 g/mol. The second kappa shape index (κ2) is 7.60. The summed E-state index contributed by atoms with van der Waals surface area (Å²) in [6, 6.07) is 16.1. The Balaban J connectivity index is 1.68. The molecule has 2 heterocycles. The number of aromatic hydroxyl groups is 1. The van der Waals surface area contributed by atoms with Crippen LogP contribution in [0.2, 0.25) is 0 Å². The number of rotatable bonds is 5. The number of benzene rings is 2. The average Bonchev–Trinajstić information content (AvgIpc) is 3.38. The van der Waals surface area contributed by atoms with Gasteiger partial charge in [-0.1, -0.05) is 30.3 Å². The molecule has 1 aromatic heterocycles. The molecule has 4 rings (SSSR count). The van der Waals surface area contributed by atoms with Gasteiger partial charge in [0.2, 0.25) is 10.0 Å². The van der Waals surface area contributed by atoms with Crippen LogP contribution in [0.25, 0.3) is 5.70 Å². The summed E-state index contributed by atoms with van der Waals surface area (Å²) in [5.74, 6) is -0.174. The van der Waals surface area contributed by atoms with Gasteiger partial charge < -0.3 is 9.52 Å². The summed E-state index contributed by atoms with van der Waals surface area (Å²) in [6.07, 6.45) is 4.31. The van der Waals surface area contributed by atoms with E-state index in [0.717, 1.165) is 11.8 Å². The molecular formula is C21H19N3O5S. The van der Waals surface area contributed by atoms with Gasteiger partial charge in [0.05, 0.1) is 18.2 Å². The van der Waals surface area contributed by atoms with Crippen LogP contribution in [-0.2, 0) is 10.0 Å². The van der Waals surface area contributed by atoms with Gasteiger partial charge in [-0.25, -0.2) is 13.4 Å². The third-order valence-corrected chi connectivity index (χ3v) is 5.16. The zero-order chi connectivity index (χ0) is 21.3. The highest BCUT2D eigenvalue weighted by Gasteiger charge is 2.34. The molecule has 0 aliphatic carbocycles. The lowest BCUT2D eigenvalue weighted by Gasteiger charge is -2.25. The molecule has 1 aliphatic heterocycles. The van der Waals surface area contributed by atoms with Crippen molar-refractivity contribution in [3.8, 4) is 5.75 Å². The van der Waals surface area contributed by atoms with Crippen molar-refractivity contribution >= 4 is 27.3 Å². The quantitative estimate of drug-likeness (QED) is 0.579. The fourth-order valence-electron chi connectivity index (χ4n) is 3.22.